The van der Waals surface area contributed by atoms with Crippen LogP contribution in [0.15, 0.2) is 30.6 Å². The van der Waals surface area contributed by atoms with Crippen molar-refractivity contribution in [3.05, 3.63) is 64.8 Å². The highest BCUT2D eigenvalue weighted by Crippen LogP contribution is 2.56. The molecule has 0 atom stereocenters. The van der Waals surface area contributed by atoms with Crippen molar-refractivity contribution < 1.29 is 18.8 Å². The standard InChI is InChI=1S/C26H26FN7O3/c1-16(35)26-7-4-25(5-8-26,6-9-26)15-31-24(37)20-12-19(33-22-18(27)14-32-34(20)22)23(36)30-13-17-3-10-29-21(11-17)28-2/h3,10-12,14H,4-9,13,15H2,1H3,(H,30,36)(H,31,37). The highest BCUT2D eigenvalue weighted by Gasteiger charge is 2.50. The van der Waals surface area contributed by atoms with Crippen molar-refractivity contribution in [2.75, 3.05) is 6.54 Å². The van der Waals surface area contributed by atoms with Crippen LogP contribution in [0.4, 0.5) is 10.2 Å². The minimum absolute atomic E-state index is 0.000597. The molecule has 2 bridgehead atoms. The number of hydrogen-bond acceptors (Lipinski definition) is 6. The van der Waals surface area contributed by atoms with Crippen LogP contribution in [-0.2, 0) is 11.3 Å². The SMILES string of the molecule is [C-]#[N+]c1cc(CNC(=O)c2cc(C(=O)NCC34CCC(C(C)=O)(CC3)CC4)n3ncc(F)c3n2)ccn1. The van der Waals surface area contributed by atoms with E-state index in [2.05, 4.69) is 30.5 Å². The summed E-state index contributed by atoms with van der Waals surface area (Å²) in [7, 11) is 0. The molecule has 0 radical (unpaired) electrons. The summed E-state index contributed by atoms with van der Waals surface area (Å²) in [6, 6.07) is 4.51. The monoisotopic (exact) mass is 503 g/mol. The van der Waals surface area contributed by atoms with E-state index in [4.69, 9.17) is 6.57 Å². The molecule has 190 valence electrons. The number of nitrogens with zero attached hydrogens (tertiary/aromatic N) is 5. The molecule has 3 saturated carbocycles. The molecule has 3 aliphatic carbocycles. The molecular formula is C26H26FN7O3. The highest BCUT2D eigenvalue weighted by atomic mass is 19.1. The van der Waals surface area contributed by atoms with E-state index < -0.39 is 17.6 Å². The first-order chi connectivity index (χ1) is 17.7. The van der Waals surface area contributed by atoms with Gasteiger partial charge in [-0.2, -0.15) is 5.10 Å². The molecule has 0 unspecified atom stereocenters. The summed E-state index contributed by atoms with van der Waals surface area (Å²) < 4.78 is 15.5. The van der Waals surface area contributed by atoms with Crippen molar-refractivity contribution in [1.82, 2.24) is 30.2 Å². The fourth-order valence-corrected chi connectivity index (χ4v) is 5.53. The van der Waals surface area contributed by atoms with Gasteiger partial charge in [0.25, 0.3) is 17.6 Å². The van der Waals surface area contributed by atoms with Gasteiger partial charge in [0, 0.05) is 24.6 Å². The number of ketones is 1. The maximum atomic E-state index is 14.4. The van der Waals surface area contributed by atoms with E-state index in [1.807, 2.05) is 0 Å². The molecule has 0 spiro atoms. The van der Waals surface area contributed by atoms with Gasteiger partial charge in [-0.15, -0.1) is 4.98 Å². The van der Waals surface area contributed by atoms with E-state index in [1.54, 1.807) is 19.1 Å². The number of Topliss-reactive ketones (excluding diaryl/α,β-unsaturated/α-hetero) is 1. The van der Waals surface area contributed by atoms with Crippen LogP contribution in [0.3, 0.4) is 0 Å². The van der Waals surface area contributed by atoms with Crippen molar-refractivity contribution in [3.63, 3.8) is 0 Å². The van der Waals surface area contributed by atoms with Crippen molar-refractivity contribution in [3.8, 4) is 0 Å². The molecule has 2 N–H and O–H groups in total. The summed E-state index contributed by atoms with van der Waals surface area (Å²) in [6.45, 7) is 9.26. The van der Waals surface area contributed by atoms with Crippen LogP contribution in [-0.4, -0.2) is 43.7 Å². The number of nitrogens with one attached hydrogen (secondary N) is 2. The molecule has 0 aliphatic heterocycles. The lowest BCUT2D eigenvalue weighted by Gasteiger charge is -2.52. The number of pyridine rings is 1. The van der Waals surface area contributed by atoms with Crippen LogP contribution in [0.2, 0.25) is 0 Å². The molecule has 3 aromatic rings. The molecule has 3 aromatic heterocycles. The van der Waals surface area contributed by atoms with Gasteiger partial charge in [-0.05, 0) is 68.6 Å². The van der Waals surface area contributed by atoms with Gasteiger partial charge in [0.05, 0.1) is 6.20 Å². The zero-order chi connectivity index (χ0) is 26.2. The number of amides is 2. The molecule has 6 rings (SSSR count). The number of rotatable bonds is 7. The van der Waals surface area contributed by atoms with E-state index in [0.29, 0.717) is 12.1 Å². The highest BCUT2D eigenvalue weighted by molar-refractivity contribution is 5.98. The van der Waals surface area contributed by atoms with E-state index in [-0.39, 0.29) is 46.0 Å². The summed E-state index contributed by atoms with van der Waals surface area (Å²) in [5.41, 5.74) is 0.0407. The maximum Gasteiger partial charge on any atom is 0.270 e. The molecular weight excluding hydrogens is 477 g/mol. The first-order valence-corrected chi connectivity index (χ1v) is 12.2. The van der Waals surface area contributed by atoms with Crippen molar-refractivity contribution in [2.45, 2.75) is 52.0 Å². The number of carbonyl (C=O) groups is 3. The minimum Gasteiger partial charge on any atom is -0.361 e. The Balaban J connectivity index is 1.32. The summed E-state index contributed by atoms with van der Waals surface area (Å²) in [6.07, 6.45) is 7.53. The van der Waals surface area contributed by atoms with Crippen molar-refractivity contribution >= 4 is 29.1 Å². The van der Waals surface area contributed by atoms with Crippen LogP contribution in [0.25, 0.3) is 10.5 Å². The van der Waals surface area contributed by atoms with Crippen molar-refractivity contribution in [1.29, 1.82) is 0 Å². The largest absolute Gasteiger partial charge is 0.361 e. The zero-order valence-corrected chi connectivity index (χ0v) is 20.4. The first kappa shape index (κ1) is 24.5. The number of fused-ring (bicyclic) bond motifs is 4. The van der Waals surface area contributed by atoms with Crippen LogP contribution in [0.5, 0.6) is 0 Å². The minimum atomic E-state index is -0.752. The molecule has 0 saturated heterocycles. The third-order valence-electron chi connectivity index (χ3n) is 8.04. The second kappa shape index (κ2) is 9.35. The molecule has 10 nitrogen and oxygen atoms in total. The zero-order valence-electron chi connectivity index (χ0n) is 20.4. The Kier molecular flexibility index (Phi) is 6.19. The van der Waals surface area contributed by atoms with E-state index in [1.165, 1.54) is 12.3 Å². The first-order valence-electron chi connectivity index (χ1n) is 12.2. The Bertz CT molecular complexity index is 1430. The van der Waals surface area contributed by atoms with Gasteiger partial charge in [-0.3, -0.25) is 14.4 Å². The van der Waals surface area contributed by atoms with Gasteiger partial charge in [-0.25, -0.2) is 13.9 Å². The van der Waals surface area contributed by atoms with Gasteiger partial charge in [0.1, 0.15) is 23.4 Å². The number of halogens is 1. The molecule has 3 fully saturated rings. The maximum absolute atomic E-state index is 14.4. The predicted molar refractivity (Wildman–Crippen MR) is 130 cm³/mol. The molecule has 11 heteroatoms. The number of hydrogen-bond donors (Lipinski definition) is 2. The lowest BCUT2D eigenvalue weighted by Crippen LogP contribution is -2.49. The van der Waals surface area contributed by atoms with Crippen molar-refractivity contribution in [2.24, 2.45) is 10.8 Å². The van der Waals surface area contributed by atoms with E-state index in [9.17, 15) is 18.8 Å². The van der Waals surface area contributed by atoms with Gasteiger partial charge >= 0.3 is 0 Å². The number of carbonyl (C=O) groups excluding carboxylic acids is 3. The Hall–Kier alpha value is -4.20. The smallest absolute Gasteiger partial charge is 0.270 e. The summed E-state index contributed by atoms with van der Waals surface area (Å²) in [5, 5.41) is 9.58. The van der Waals surface area contributed by atoms with Crippen LogP contribution >= 0.6 is 0 Å². The topological polar surface area (TPSA) is 123 Å². The molecule has 37 heavy (non-hydrogen) atoms. The molecule has 3 aliphatic rings. The third kappa shape index (κ3) is 4.55. The normalized spacial score (nSPS) is 22.4. The fourth-order valence-electron chi connectivity index (χ4n) is 5.53. The Morgan fingerprint density at radius 3 is 2.51 bits per heavy atom. The average Bonchev–Trinajstić information content (AvgIpc) is 3.31. The second-order valence-electron chi connectivity index (χ2n) is 10.1. The van der Waals surface area contributed by atoms with Crippen LogP contribution in [0.1, 0.15) is 72.0 Å². The van der Waals surface area contributed by atoms with Gasteiger partial charge in [0.2, 0.25) is 0 Å². The average molecular weight is 504 g/mol. The summed E-state index contributed by atoms with van der Waals surface area (Å²) in [4.78, 5) is 49.5. The number of aromatic nitrogens is 4. The van der Waals surface area contributed by atoms with Crippen LogP contribution in [0, 0.1) is 23.2 Å². The molecule has 3 heterocycles. The van der Waals surface area contributed by atoms with Gasteiger partial charge < -0.3 is 15.5 Å². The fraction of sp³-hybridized carbons (Fsp3) is 0.423. The Labute approximate surface area is 212 Å². The summed E-state index contributed by atoms with van der Waals surface area (Å²) in [5.74, 6) is -1.38. The lowest BCUT2D eigenvalue weighted by atomic mass is 9.52. The Morgan fingerprint density at radius 1 is 1.11 bits per heavy atom. The van der Waals surface area contributed by atoms with Crippen LogP contribution < -0.4 is 10.6 Å². The third-order valence-corrected chi connectivity index (χ3v) is 8.04. The molecule has 0 aromatic carbocycles. The lowest BCUT2D eigenvalue weighted by molar-refractivity contribution is -0.135. The quantitative estimate of drug-likeness (QED) is 0.477. The van der Waals surface area contributed by atoms with Gasteiger partial charge in [0.15, 0.2) is 11.5 Å². The second-order valence-corrected chi connectivity index (χ2v) is 10.1. The summed E-state index contributed by atoms with van der Waals surface area (Å²) >= 11 is 0. The van der Waals surface area contributed by atoms with E-state index in [0.717, 1.165) is 49.2 Å². The predicted octanol–water partition coefficient (Wildman–Crippen LogP) is 3.40. The van der Waals surface area contributed by atoms with Gasteiger partial charge in [-0.1, -0.05) is 6.57 Å². The molecule has 2 amide bonds. The van der Waals surface area contributed by atoms with E-state index >= 15 is 0 Å². The Morgan fingerprint density at radius 2 is 1.84 bits per heavy atom.